The number of hydrogen-bond donors (Lipinski definition) is 2. The summed E-state index contributed by atoms with van der Waals surface area (Å²) in [5.74, 6) is -2.87. The van der Waals surface area contributed by atoms with E-state index in [-0.39, 0.29) is 11.7 Å². The van der Waals surface area contributed by atoms with Gasteiger partial charge in [-0.15, -0.1) is 0 Å². The maximum absolute atomic E-state index is 13.0. The summed E-state index contributed by atoms with van der Waals surface area (Å²) in [6.07, 6.45) is -0.952. The number of carbonyl (C=O) groups excluding carboxylic acids is 2. The molecule has 0 aliphatic carbocycles. The highest BCUT2D eigenvalue weighted by atomic mass is 19.2. The molecule has 1 aromatic carbocycles. The third kappa shape index (κ3) is 5.02. The van der Waals surface area contributed by atoms with Crippen molar-refractivity contribution >= 4 is 11.8 Å². The Hall–Kier alpha value is -2.18. The summed E-state index contributed by atoms with van der Waals surface area (Å²) in [4.78, 5) is 23.3. The number of carbonyl (C=O) groups is 2. The van der Waals surface area contributed by atoms with Crippen LogP contribution in [0.2, 0.25) is 0 Å². The number of halogens is 2. The second kappa shape index (κ2) is 7.56. The van der Waals surface area contributed by atoms with Crippen molar-refractivity contribution in [1.82, 2.24) is 10.6 Å². The van der Waals surface area contributed by atoms with Crippen LogP contribution in [0.25, 0.3) is 0 Å². The van der Waals surface area contributed by atoms with Crippen LogP contribution in [0.3, 0.4) is 0 Å². The van der Waals surface area contributed by atoms with E-state index in [0.717, 1.165) is 12.1 Å². The average molecular weight is 300 g/mol. The van der Waals surface area contributed by atoms with Gasteiger partial charge in [-0.25, -0.2) is 8.78 Å². The summed E-state index contributed by atoms with van der Waals surface area (Å²) >= 11 is 0. The number of likely N-dealkylation sites (N-methyl/N-ethyl adjacent to an activating group) is 1. The van der Waals surface area contributed by atoms with Gasteiger partial charge in [0.15, 0.2) is 17.7 Å². The Morgan fingerprint density at radius 2 is 1.86 bits per heavy atom. The zero-order valence-electron chi connectivity index (χ0n) is 12.1. The minimum atomic E-state index is -1.06. The van der Waals surface area contributed by atoms with Crippen molar-refractivity contribution in [2.75, 3.05) is 6.54 Å². The molecule has 2 atom stereocenters. The van der Waals surface area contributed by atoms with E-state index in [1.165, 1.54) is 19.9 Å². The molecule has 2 N–H and O–H groups in total. The van der Waals surface area contributed by atoms with Gasteiger partial charge in [0.2, 0.25) is 5.91 Å². The minimum Gasteiger partial charge on any atom is -0.481 e. The van der Waals surface area contributed by atoms with Crippen molar-refractivity contribution in [1.29, 1.82) is 0 Å². The molecule has 116 valence electrons. The van der Waals surface area contributed by atoms with Gasteiger partial charge in [0.05, 0.1) is 0 Å². The first kappa shape index (κ1) is 16.9. The molecular weight excluding hydrogens is 282 g/mol. The van der Waals surface area contributed by atoms with Crippen molar-refractivity contribution in [3.63, 3.8) is 0 Å². The Balaban J connectivity index is 2.58. The monoisotopic (exact) mass is 300 g/mol. The van der Waals surface area contributed by atoms with Gasteiger partial charge in [0.25, 0.3) is 5.91 Å². The van der Waals surface area contributed by atoms with E-state index in [4.69, 9.17) is 4.74 Å². The van der Waals surface area contributed by atoms with Crippen LogP contribution in [0.4, 0.5) is 8.78 Å². The average Bonchev–Trinajstić information content (AvgIpc) is 2.43. The molecule has 0 heterocycles. The lowest BCUT2D eigenvalue weighted by Gasteiger charge is -2.18. The van der Waals surface area contributed by atoms with Crippen molar-refractivity contribution in [3.05, 3.63) is 29.8 Å². The lowest BCUT2D eigenvalue weighted by atomic mass is 10.2. The lowest BCUT2D eigenvalue weighted by molar-refractivity contribution is -0.132. The number of amides is 2. The Morgan fingerprint density at radius 3 is 2.43 bits per heavy atom. The third-order valence-electron chi connectivity index (χ3n) is 2.68. The van der Waals surface area contributed by atoms with Crippen LogP contribution in [0.15, 0.2) is 18.2 Å². The van der Waals surface area contributed by atoms with E-state index in [1.807, 2.05) is 0 Å². The molecule has 0 aliphatic rings. The first-order valence-electron chi connectivity index (χ1n) is 6.55. The van der Waals surface area contributed by atoms with E-state index < -0.39 is 29.7 Å². The van der Waals surface area contributed by atoms with Crippen LogP contribution < -0.4 is 15.4 Å². The summed E-state index contributed by atoms with van der Waals surface area (Å²) in [6.45, 7) is 5.20. The first-order valence-corrected chi connectivity index (χ1v) is 6.55. The minimum absolute atomic E-state index is 0.0298. The van der Waals surface area contributed by atoms with Gasteiger partial charge < -0.3 is 15.4 Å². The number of benzene rings is 1. The second-order valence-electron chi connectivity index (χ2n) is 4.46. The van der Waals surface area contributed by atoms with Crippen LogP contribution >= 0.6 is 0 Å². The van der Waals surface area contributed by atoms with Gasteiger partial charge in [-0.2, -0.15) is 0 Å². The molecule has 0 unspecified atom stereocenters. The second-order valence-corrected chi connectivity index (χ2v) is 4.46. The predicted molar refractivity (Wildman–Crippen MR) is 72.7 cm³/mol. The number of rotatable bonds is 6. The zero-order chi connectivity index (χ0) is 16.0. The van der Waals surface area contributed by atoms with Crippen LogP contribution in [0, 0.1) is 11.6 Å². The predicted octanol–water partition coefficient (Wildman–Crippen LogP) is 1.37. The zero-order valence-corrected chi connectivity index (χ0v) is 12.1. The molecule has 5 nitrogen and oxygen atoms in total. The van der Waals surface area contributed by atoms with Gasteiger partial charge in [0, 0.05) is 12.6 Å². The van der Waals surface area contributed by atoms with Crippen molar-refractivity contribution < 1.29 is 23.1 Å². The fraction of sp³-hybridized carbons (Fsp3) is 0.429. The van der Waals surface area contributed by atoms with E-state index in [9.17, 15) is 18.4 Å². The molecule has 2 amide bonds. The standard InChI is InChI=1S/C14H18F2N2O3/c1-4-17-13(19)8(2)18-14(20)9(3)21-10-5-6-11(15)12(16)7-10/h5-9H,4H2,1-3H3,(H,17,19)(H,18,20)/t8-,9-/m0/s1. The molecular formula is C14H18F2N2O3. The summed E-state index contributed by atoms with van der Waals surface area (Å²) in [5, 5.41) is 5.03. The number of nitrogens with one attached hydrogen (secondary N) is 2. The molecule has 0 aromatic heterocycles. The smallest absolute Gasteiger partial charge is 0.261 e. The van der Waals surface area contributed by atoms with Crippen LogP contribution in [0.1, 0.15) is 20.8 Å². The molecule has 1 rings (SSSR count). The fourth-order valence-electron chi connectivity index (χ4n) is 1.53. The van der Waals surface area contributed by atoms with Gasteiger partial charge in [-0.1, -0.05) is 0 Å². The normalized spacial score (nSPS) is 13.2. The van der Waals surface area contributed by atoms with E-state index >= 15 is 0 Å². The van der Waals surface area contributed by atoms with Crippen LogP contribution in [-0.4, -0.2) is 30.5 Å². The fourth-order valence-corrected chi connectivity index (χ4v) is 1.53. The van der Waals surface area contributed by atoms with Crippen molar-refractivity contribution in [2.45, 2.75) is 32.9 Å². The molecule has 0 spiro atoms. The van der Waals surface area contributed by atoms with Gasteiger partial charge in [0.1, 0.15) is 11.8 Å². The maximum Gasteiger partial charge on any atom is 0.261 e. The molecule has 0 radical (unpaired) electrons. The Bertz CT molecular complexity index is 523. The molecule has 21 heavy (non-hydrogen) atoms. The Kier molecular flexibility index (Phi) is 6.08. The van der Waals surface area contributed by atoms with E-state index in [1.54, 1.807) is 6.92 Å². The van der Waals surface area contributed by atoms with E-state index in [2.05, 4.69) is 10.6 Å². The summed E-state index contributed by atoms with van der Waals surface area (Å²) in [5.41, 5.74) is 0. The molecule has 0 saturated heterocycles. The topological polar surface area (TPSA) is 67.4 Å². The highest BCUT2D eigenvalue weighted by molar-refractivity contribution is 5.88. The molecule has 0 aliphatic heterocycles. The third-order valence-corrected chi connectivity index (χ3v) is 2.68. The van der Waals surface area contributed by atoms with Gasteiger partial charge >= 0.3 is 0 Å². The SMILES string of the molecule is CCNC(=O)[C@H](C)NC(=O)[C@H](C)Oc1ccc(F)c(F)c1. The number of ether oxygens (including phenoxy) is 1. The molecule has 0 bridgehead atoms. The lowest BCUT2D eigenvalue weighted by Crippen LogP contribution is -2.48. The highest BCUT2D eigenvalue weighted by Gasteiger charge is 2.20. The quantitative estimate of drug-likeness (QED) is 0.834. The Morgan fingerprint density at radius 1 is 1.19 bits per heavy atom. The van der Waals surface area contributed by atoms with Crippen molar-refractivity contribution in [2.24, 2.45) is 0 Å². The van der Waals surface area contributed by atoms with Crippen LogP contribution in [0.5, 0.6) is 5.75 Å². The number of hydrogen-bond acceptors (Lipinski definition) is 3. The largest absolute Gasteiger partial charge is 0.481 e. The summed E-state index contributed by atoms with van der Waals surface area (Å²) in [7, 11) is 0. The maximum atomic E-state index is 13.0. The van der Waals surface area contributed by atoms with Gasteiger partial charge in [-0.05, 0) is 32.9 Å². The van der Waals surface area contributed by atoms with E-state index in [0.29, 0.717) is 6.54 Å². The Labute approximate surface area is 121 Å². The van der Waals surface area contributed by atoms with Gasteiger partial charge in [-0.3, -0.25) is 9.59 Å². The highest BCUT2D eigenvalue weighted by Crippen LogP contribution is 2.16. The summed E-state index contributed by atoms with van der Waals surface area (Å²) in [6, 6.07) is 2.27. The van der Waals surface area contributed by atoms with Crippen LogP contribution in [-0.2, 0) is 9.59 Å². The summed E-state index contributed by atoms with van der Waals surface area (Å²) < 4.78 is 31.0. The van der Waals surface area contributed by atoms with Crippen molar-refractivity contribution in [3.8, 4) is 5.75 Å². The molecule has 1 aromatic rings. The molecule has 7 heteroatoms. The first-order chi connectivity index (χ1) is 9.85. The molecule has 0 saturated carbocycles. The molecule has 0 fully saturated rings.